The monoisotopic (exact) mass is 343 g/mol. The molecular weight excluding hydrogens is 322 g/mol. The predicted molar refractivity (Wildman–Crippen MR) is 105 cm³/mol. The molecule has 3 aromatic rings. The number of ketones is 1. The van der Waals surface area contributed by atoms with Crippen LogP contribution in [0.1, 0.15) is 33.9 Å². The van der Waals surface area contributed by atoms with Gasteiger partial charge < -0.3 is 5.11 Å². The molecule has 0 amide bonds. The number of hydrogen-bond acceptors (Lipinski definition) is 3. The Bertz CT molecular complexity index is 858. The van der Waals surface area contributed by atoms with E-state index in [0.717, 1.165) is 11.1 Å². The third-order valence-corrected chi connectivity index (χ3v) is 4.20. The molecule has 130 valence electrons. The van der Waals surface area contributed by atoms with Gasteiger partial charge in [-0.05, 0) is 11.1 Å². The maximum atomic E-state index is 12.7. The summed E-state index contributed by atoms with van der Waals surface area (Å²) < 4.78 is 0. The summed E-state index contributed by atoms with van der Waals surface area (Å²) in [4.78, 5) is 17.4. The molecule has 0 heterocycles. The lowest BCUT2D eigenvalue weighted by Crippen LogP contribution is -2.13. The van der Waals surface area contributed by atoms with E-state index in [9.17, 15) is 9.90 Å². The Balaban J connectivity index is 1.94. The van der Waals surface area contributed by atoms with Crippen LogP contribution in [0.25, 0.3) is 0 Å². The Morgan fingerprint density at radius 2 is 1.27 bits per heavy atom. The van der Waals surface area contributed by atoms with Gasteiger partial charge in [-0.15, -0.1) is 0 Å². The van der Waals surface area contributed by atoms with Crippen LogP contribution in [0, 0.1) is 0 Å². The number of benzene rings is 3. The van der Waals surface area contributed by atoms with Crippen molar-refractivity contribution < 1.29 is 9.90 Å². The zero-order chi connectivity index (χ0) is 18.2. The second kappa shape index (κ2) is 8.88. The van der Waals surface area contributed by atoms with Gasteiger partial charge in [-0.1, -0.05) is 91.0 Å². The van der Waals surface area contributed by atoms with Crippen LogP contribution in [-0.4, -0.2) is 23.2 Å². The second-order valence-electron chi connectivity index (χ2n) is 6.02. The third kappa shape index (κ3) is 4.52. The summed E-state index contributed by atoms with van der Waals surface area (Å²) in [6.45, 7) is -0.111. The van der Waals surface area contributed by atoms with Crippen LogP contribution in [0.4, 0.5) is 0 Å². The molecule has 0 aliphatic carbocycles. The smallest absolute Gasteiger partial charge is 0.168 e. The van der Waals surface area contributed by atoms with Gasteiger partial charge in [-0.25, -0.2) is 0 Å². The van der Waals surface area contributed by atoms with E-state index in [4.69, 9.17) is 4.99 Å². The highest BCUT2D eigenvalue weighted by atomic mass is 16.3. The summed E-state index contributed by atoms with van der Waals surface area (Å²) >= 11 is 0. The number of carbonyl (C=O) groups is 1. The molecular formula is C23H21NO2. The van der Waals surface area contributed by atoms with Crippen LogP contribution >= 0.6 is 0 Å². The van der Waals surface area contributed by atoms with Gasteiger partial charge in [0.25, 0.3) is 0 Å². The second-order valence-corrected chi connectivity index (χ2v) is 6.02. The van der Waals surface area contributed by atoms with E-state index in [2.05, 4.69) is 0 Å². The number of carbonyl (C=O) groups excluding carboxylic acids is 1. The molecule has 3 nitrogen and oxygen atoms in total. The summed E-state index contributed by atoms with van der Waals surface area (Å²) in [5.74, 6) is 0.0120. The van der Waals surface area contributed by atoms with E-state index in [1.54, 1.807) is 0 Å². The molecule has 1 atom stereocenters. The van der Waals surface area contributed by atoms with Crippen LogP contribution in [0.2, 0.25) is 0 Å². The van der Waals surface area contributed by atoms with Gasteiger partial charge in [0.05, 0.1) is 24.8 Å². The predicted octanol–water partition coefficient (Wildman–Crippen LogP) is 4.48. The average molecular weight is 343 g/mol. The van der Waals surface area contributed by atoms with E-state index in [-0.39, 0.29) is 18.8 Å². The highest BCUT2D eigenvalue weighted by Crippen LogP contribution is 2.20. The van der Waals surface area contributed by atoms with Gasteiger partial charge in [0.15, 0.2) is 5.78 Å². The quantitative estimate of drug-likeness (QED) is 0.508. The zero-order valence-corrected chi connectivity index (χ0v) is 14.5. The van der Waals surface area contributed by atoms with Crippen molar-refractivity contribution in [1.82, 2.24) is 0 Å². The first-order chi connectivity index (χ1) is 12.8. The molecule has 0 spiro atoms. The Kier molecular flexibility index (Phi) is 6.07. The van der Waals surface area contributed by atoms with Crippen molar-refractivity contribution in [2.45, 2.75) is 12.5 Å². The molecule has 0 saturated carbocycles. The Hall–Kier alpha value is -3.04. The van der Waals surface area contributed by atoms with Crippen molar-refractivity contribution in [2.24, 2.45) is 4.99 Å². The molecule has 0 unspecified atom stereocenters. The third-order valence-electron chi connectivity index (χ3n) is 4.20. The van der Waals surface area contributed by atoms with Gasteiger partial charge in [0.2, 0.25) is 0 Å². The first-order valence-corrected chi connectivity index (χ1v) is 8.64. The number of hydrogen-bond donors (Lipinski definition) is 1. The van der Waals surface area contributed by atoms with Crippen LogP contribution in [0.5, 0.6) is 0 Å². The largest absolute Gasteiger partial charge is 0.394 e. The average Bonchev–Trinajstić information content (AvgIpc) is 2.73. The van der Waals surface area contributed by atoms with Crippen molar-refractivity contribution >= 4 is 11.5 Å². The van der Waals surface area contributed by atoms with E-state index in [1.807, 2.05) is 91.0 Å². The molecule has 0 bridgehead atoms. The summed E-state index contributed by atoms with van der Waals surface area (Å²) in [6, 6.07) is 28.1. The van der Waals surface area contributed by atoms with Gasteiger partial charge in [0, 0.05) is 5.56 Å². The van der Waals surface area contributed by atoms with E-state index < -0.39 is 6.04 Å². The van der Waals surface area contributed by atoms with Gasteiger partial charge in [-0.2, -0.15) is 0 Å². The molecule has 0 aliphatic rings. The standard InChI is InChI=1S/C23H21NO2/c25-17-22(19-12-6-2-7-13-19)24-21(18-10-4-1-5-11-18)16-23(26)20-14-8-3-9-15-20/h1-15,22,25H,16-17H2/t22-/m1/s1. The Morgan fingerprint density at radius 1 is 0.769 bits per heavy atom. The van der Waals surface area contributed by atoms with Crippen molar-refractivity contribution in [1.29, 1.82) is 0 Å². The number of nitrogens with zero attached hydrogens (tertiary/aromatic N) is 1. The maximum Gasteiger partial charge on any atom is 0.168 e. The topological polar surface area (TPSA) is 49.7 Å². The van der Waals surface area contributed by atoms with Gasteiger partial charge in [-0.3, -0.25) is 9.79 Å². The van der Waals surface area contributed by atoms with Crippen molar-refractivity contribution in [3.8, 4) is 0 Å². The molecule has 1 N–H and O–H groups in total. The zero-order valence-electron chi connectivity index (χ0n) is 14.5. The normalized spacial score (nSPS) is 12.6. The molecule has 3 aromatic carbocycles. The number of aliphatic hydroxyl groups is 1. The number of rotatable bonds is 7. The van der Waals surface area contributed by atoms with Crippen molar-refractivity contribution in [2.75, 3.05) is 6.61 Å². The van der Waals surface area contributed by atoms with Gasteiger partial charge in [0.1, 0.15) is 0 Å². The first-order valence-electron chi connectivity index (χ1n) is 8.64. The fraction of sp³-hybridized carbons (Fsp3) is 0.130. The maximum absolute atomic E-state index is 12.7. The van der Waals surface area contributed by atoms with E-state index in [1.165, 1.54) is 0 Å². The van der Waals surface area contributed by atoms with Crippen LogP contribution in [-0.2, 0) is 0 Å². The summed E-state index contributed by atoms with van der Waals surface area (Å²) in [6.07, 6.45) is 0.192. The van der Waals surface area contributed by atoms with Crippen LogP contribution in [0.15, 0.2) is 96.0 Å². The van der Waals surface area contributed by atoms with Crippen molar-refractivity contribution in [3.63, 3.8) is 0 Å². The molecule has 0 fully saturated rings. The highest BCUT2D eigenvalue weighted by Gasteiger charge is 2.15. The minimum atomic E-state index is -0.394. The summed E-state index contributed by atoms with van der Waals surface area (Å²) in [7, 11) is 0. The molecule has 0 saturated heterocycles. The molecule has 0 aliphatic heterocycles. The molecule has 0 aromatic heterocycles. The summed E-state index contributed by atoms with van der Waals surface area (Å²) in [5.41, 5.74) is 3.17. The Morgan fingerprint density at radius 3 is 1.81 bits per heavy atom. The number of Topliss-reactive ketones (excluding diaryl/α,β-unsaturated/α-hetero) is 1. The SMILES string of the molecule is O=C(CC(=N[C@H](CO)c1ccccc1)c1ccccc1)c1ccccc1. The lowest BCUT2D eigenvalue weighted by atomic mass is 9.99. The fourth-order valence-corrected chi connectivity index (χ4v) is 2.82. The highest BCUT2D eigenvalue weighted by molar-refractivity contribution is 6.15. The molecule has 3 rings (SSSR count). The van der Waals surface area contributed by atoms with E-state index in [0.29, 0.717) is 11.3 Å². The van der Waals surface area contributed by atoms with Crippen LogP contribution in [0.3, 0.4) is 0 Å². The molecule has 26 heavy (non-hydrogen) atoms. The van der Waals surface area contributed by atoms with E-state index >= 15 is 0 Å². The Labute approximate surface area is 153 Å². The minimum absolute atomic E-state index is 0.0120. The lowest BCUT2D eigenvalue weighted by Gasteiger charge is -2.14. The summed E-state index contributed by atoms with van der Waals surface area (Å²) in [5, 5.41) is 9.83. The fourth-order valence-electron chi connectivity index (χ4n) is 2.82. The van der Waals surface area contributed by atoms with Gasteiger partial charge >= 0.3 is 0 Å². The van der Waals surface area contributed by atoms with Crippen molar-refractivity contribution in [3.05, 3.63) is 108 Å². The number of aliphatic hydroxyl groups excluding tert-OH is 1. The lowest BCUT2D eigenvalue weighted by molar-refractivity contribution is 0.100. The first kappa shape index (κ1) is 17.8. The molecule has 0 radical (unpaired) electrons. The minimum Gasteiger partial charge on any atom is -0.394 e. The molecule has 3 heteroatoms. The number of aliphatic imine (C=N–C) groups is 1. The van der Waals surface area contributed by atoms with Crippen LogP contribution < -0.4 is 0 Å².